The first-order chi connectivity index (χ1) is 13.4. The normalized spacial score (nSPS) is 11.3. The number of nitrogens with one attached hydrogen (secondary N) is 2. The van der Waals surface area contributed by atoms with Crippen LogP contribution in [0.15, 0.2) is 64.5 Å². The topological polar surface area (TPSA) is 122 Å². The van der Waals surface area contributed by atoms with E-state index in [0.717, 1.165) is 0 Å². The molecule has 0 atom stereocenters. The molecule has 0 unspecified atom stereocenters. The van der Waals surface area contributed by atoms with Crippen molar-refractivity contribution < 1.29 is 9.72 Å². The molecule has 0 saturated carbocycles. The number of rotatable bonds is 5. The molecule has 0 bridgehead atoms. The second-order valence-electron chi connectivity index (χ2n) is 6.03. The SMILES string of the molecule is C/C(=N\NC(=O)c1ccc([N+](=O)[O-])cc1)c1c(C)[nH]n(-c2ccccc2)c1=O. The van der Waals surface area contributed by atoms with E-state index in [0.29, 0.717) is 22.7 Å². The Morgan fingerprint density at radius 1 is 1.14 bits per heavy atom. The number of aromatic amines is 1. The van der Waals surface area contributed by atoms with Crippen LogP contribution in [0.2, 0.25) is 0 Å². The first-order valence-electron chi connectivity index (χ1n) is 8.35. The molecular formula is C19H17N5O4. The third kappa shape index (κ3) is 3.73. The lowest BCUT2D eigenvalue weighted by atomic mass is 10.2. The van der Waals surface area contributed by atoms with Gasteiger partial charge in [0.25, 0.3) is 17.2 Å². The molecule has 28 heavy (non-hydrogen) atoms. The minimum Gasteiger partial charge on any atom is -0.295 e. The molecule has 3 rings (SSSR count). The Labute approximate surface area is 159 Å². The Balaban J connectivity index is 1.82. The van der Waals surface area contributed by atoms with Crippen LogP contribution in [-0.2, 0) is 0 Å². The van der Waals surface area contributed by atoms with E-state index in [2.05, 4.69) is 15.6 Å². The number of nitro benzene ring substituents is 1. The summed E-state index contributed by atoms with van der Waals surface area (Å²) in [5.74, 6) is -0.536. The number of hydrogen-bond donors (Lipinski definition) is 2. The van der Waals surface area contributed by atoms with Gasteiger partial charge in [0.15, 0.2) is 0 Å². The van der Waals surface area contributed by atoms with Gasteiger partial charge in [-0.15, -0.1) is 0 Å². The van der Waals surface area contributed by atoms with Crippen molar-refractivity contribution in [2.75, 3.05) is 0 Å². The zero-order valence-electron chi connectivity index (χ0n) is 15.2. The van der Waals surface area contributed by atoms with Gasteiger partial charge in [-0.25, -0.2) is 10.1 Å². The highest BCUT2D eigenvalue weighted by molar-refractivity contribution is 6.01. The molecule has 1 amide bonds. The van der Waals surface area contributed by atoms with E-state index in [1.807, 2.05) is 18.2 Å². The number of carbonyl (C=O) groups excluding carboxylic acids is 1. The summed E-state index contributed by atoms with van der Waals surface area (Å²) in [5.41, 5.74) is 4.18. The average molecular weight is 379 g/mol. The van der Waals surface area contributed by atoms with Crippen LogP contribution in [0.5, 0.6) is 0 Å². The summed E-state index contributed by atoms with van der Waals surface area (Å²) in [6, 6.07) is 14.2. The van der Waals surface area contributed by atoms with Crippen molar-refractivity contribution in [3.8, 4) is 5.69 Å². The molecule has 0 saturated heterocycles. The third-order valence-electron chi connectivity index (χ3n) is 4.11. The van der Waals surface area contributed by atoms with Crippen LogP contribution in [0.25, 0.3) is 5.69 Å². The Hall–Kier alpha value is -4.01. The van der Waals surface area contributed by atoms with Crippen LogP contribution < -0.4 is 11.0 Å². The minimum atomic E-state index is -0.545. The van der Waals surface area contributed by atoms with E-state index in [-0.39, 0.29) is 16.8 Å². The molecule has 0 aliphatic rings. The number of para-hydroxylation sites is 1. The maximum atomic E-state index is 12.7. The molecule has 9 heteroatoms. The van der Waals surface area contributed by atoms with Crippen molar-refractivity contribution >= 4 is 17.3 Å². The van der Waals surface area contributed by atoms with Gasteiger partial charge >= 0.3 is 0 Å². The number of benzene rings is 2. The molecule has 0 aliphatic carbocycles. The van der Waals surface area contributed by atoms with Gasteiger partial charge in [0.2, 0.25) is 0 Å². The molecule has 0 spiro atoms. The summed E-state index contributed by atoms with van der Waals surface area (Å²) in [7, 11) is 0. The van der Waals surface area contributed by atoms with Gasteiger partial charge in [-0.3, -0.25) is 24.8 Å². The van der Waals surface area contributed by atoms with Crippen LogP contribution in [0.4, 0.5) is 5.69 Å². The molecular weight excluding hydrogens is 362 g/mol. The van der Waals surface area contributed by atoms with Crippen molar-refractivity contribution in [1.29, 1.82) is 0 Å². The van der Waals surface area contributed by atoms with E-state index in [9.17, 15) is 19.7 Å². The predicted molar refractivity (Wildman–Crippen MR) is 104 cm³/mol. The van der Waals surface area contributed by atoms with Crippen LogP contribution in [-0.4, -0.2) is 26.3 Å². The van der Waals surface area contributed by atoms with Gasteiger partial charge in [0.1, 0.15) is 0 Å². The monoisotopic (exact) mass is 379 g/mol. The molecule has 2 aromatic carbocycles. The number of non-ortho nitro benzene ring substituents is 1. The first-order valence-corrected chi connectivity index (χ1v) is 8.35. The second kappa shape index (κ2) is 7.70. The highest BCUT2D eigenvalue weighted by atomic mass is 16.6. The first kappa shape index (κ1) is 18.8. The number of aromatic nitrogens is 2. The molecule has 1 heterocycles. The Bertz CT molecular complexity index is 1110. The number of nitrogens with zero attached hydrogens (tertiary/aromatic N) is 3. The van der Waals surface area contributed by atoms with Gasteiger partial charge < -0.3 is 0 Å². The molecule has 0 fully saturated rings. The van der Waals surface area contributed by atoms with Crippen LogP contribution in [0, 0.1) is 17.0 Å². The van der Waals surface area contributed by atoms with Gasteiger partial charge in [-0.2, -0.15) is 5.10 Å². The molecule has 9 nitrogen and oxygen atoms in total. The van der Waals surface area contributed by atoms with Gasteiger partial charge in [0.05, 0.1) is 21.9 Å². The smallest absolute Gasteiger partial charge is 0.280 e. The highest BCUT2D eigenvalue weighted by Crippen LogP contribution is 2.12. The maximum Gasteiger partial charge on any atom is 0.280 e. The summed E-state index contributed by atoms with van der Waals surface area (Å²) < 4.78 is 1.40. The van der Waals surface area contributed by atoms with Crippen molar-refractivity contribution in [3.05, 3.63) is 91.9 Å². The molecule has 1 aromatic heterocycles. The fraction of sp³-hybridized carbons (Fsp3) is 0.105. The fourth-order valence-corrected chi connectivity index (χ4v) is 2.72. The average Bonchev–Trinajstić information content (AvgIpc) is 3.00. The number of carbonyl (C=O) groups is 1. The van der Waals surface area contributed by atoms with Crippen molar-refractivity contribution in [1.82, 2.24) is 15.2 Å². The minimum absolute atomic E-state index is 0.111. The lowest BCUT2D eigenvalue weighted by Crippen LogP contribution is -2.23. The zero-order chi connectivity index (χ0) is 20.3. The standard InChI is InChI=1S/C19H17N5O4/c1-12(20-21-18(25)14-8-10-16(11-9-14)24(27)28)17-13(2)22-23(19(17)26)15-6-4-3-5-7-15/h3-11,22H,1-2H3,(H,21,25)/b20-12+. The fourth-order valence-electron chi connectivity index (χ4n) is 2.72. The van der Waals surface area contributed by atoms with E-state index >= 15 is 0 Å². The van der Waals surface area contributed by atoms with Crippen molar-refractivity contribution in [2.45, 2.75) is 13.8 Å². The number of nitro groups is 1. The molecule has 3 aromatic rings. The van der Waals surface area contributed by atoms with Gasteiger partial charge in [-0.1, -0.05) is 18.2 Å². The number of hydrogen-bond acceptors (Lipinski definition) is 5. The summed E-state index contributed by atoms with van der Waals surface area (Å²) in [4.78, 5) is 35.0. The number of H-pyrrole nitrogens is 1. The summed E-state index contributed by atoms with van der Waals surface area (Å²) in [5, 5.41) is 17.7. The van der Waals surface area contributed by atoms with E-state index in [4.69, 9.17) is 0 Å². The third-order valence-corrected chi connectivity index (χ3v) is 4.11. The lowest BCUT2D eigenvalue weighted by Gasteiger charge is -2.02. The molecule has 0 radical (unpaired) electrons. The second-order valence-corrected chi connectivity index (χ2v) is 6.03. The van der Waals surface area contributed by atoms with Gasteiger partial charge in [0, 0.05) is 23.4 Å². The van der Waals surface area contributed by atoms with E-state index < -0.39 is 10.8 Å². The van der Waals surface area contributed by atoms with Crippen molar-refractivity contribution in [2.24, 2.45) is 5.10 Å². The number of amides is 1. The Kier molecular flexibility index (Phi) is 5.16. The van der Waals surface area contributed by atoms with Gasteiger partial charge in [-0.05, 0) is 38.1 Å². The predicted octanol–water partition coefficient (Wildman–Crippen LogP) is 2.54. The lowest BCUT2D eigenvalue weighted by molar-refractivity contribution is -0.384. The number of aryl methyl sites for hydroxylation is 1. The summed E-state index contributed by atoms with van der Waals surface area (Å²) in [6.07, 6.45) is 0. The van der Waals surface area contributed by atoms with Crippen molar-refractivity contribution in [3.63, 3.8) is 0 Å². The van der Waals surface area contributed by atoms with Crippen LogP contribution in [0.3, 0.4) is 0 Å². The zero-order valence-corrected chi connectivity index (χ0v) is 15.2. The maximum absolute atomic E-state index is 12.7. The molecule has 142 valence electrons. The Morgan fingerprint density at radius 2 is 1.79 bits per heavy atom. The summed E-state index contributed by atoms with van der Waals surface area (Å²) in [6.45, 7) is 3.36. The largest absolute Gasteiger partial charge is 0.295 e. The highest BCUT2D eigenvalue weighted by Gasteiger charge is 2.16. The quantitative estimate of drug-likeness (QED) is 0.402. The molecule has 2 N–H and O–H groups in total. The molecule has 0 aliphatic heterocycles. The Morgan fingerprint density at radius 3 is 2.39 bits per heavy atom. The van der Waals surface area contributed by atoms with E-state index in [1.165, 1.54) is 28.9 Å². The van der Waals surface area contributed by atoms with Crippen LogP contribution in [0.1, 0.15) is 28.5 Å². The number of hydrazone groups is 1. The van der Waals surface area contributed by atoms with Crippen LogP contribution >= 0.6 is 0 Å². The van der Waals surface area contributed by atoms with E-state index in [1.54, 1.807) is 26.0 Å². The summed E-state index contributed by atoms with van der Waals surface area (Å²) >= 11 is 0.